The smallest absolute Gasteiger partial charge is 0.272 e. The number of hydrogen-bond donors (Lipinski definition) is 2. The van der Waals surface area contributed by atoms with Gasteiger partial charge in [-0.2, -0.15) is 5.10 Å². The number of nitro groups is 1. The molecule has 2 aromatic carbocycles. The summed E-state index contributed by atoms with van der Waals surface area (Å²) >= 11 is 0. The van der Waals surface area contributed by atoms with Crippen molar-refractivity contribution in [1.29, 1.82) is 0 Å². The van der Waals surface area contributed by atoms with E-state index in [4.69, 9.17) is 10.5 Å². The molecule has 0 heterocycles. The highest BCUT2D eigenvalue weighted by atomic mass is 16.6. The van der Waals surface area contributed by atoms with Gasteiger partial charge in [0.1, 0.15) is 5.75 Å². The van der Waals surface area contributed by atoms with Crippen molar-refractivity contribution in [1.82, 2.24) is 5.43 Å². The van der Waals surface area contributed by atoms with Gasteiger partial charge in [-0.25, -0.2) is 5.43 Å². The van der Waals surface area contributed by atoms with Crippen LogP contribution >= 0.6 is 0 Å². The molecule has 23 heavy (non-hydrogen) atoms. The van der Waals surface area contributed by atoms with Crippen molar-refractivity contribution in [3.8, 4) is 5.75 Å². The number of ether oxygens (including phenoxy) is 1. The van der Waals surface area contributed by atoms with Crippen LogP contribution in [0.4, 0.5) is 11.4 Å². The minimum absolute atomic E-state index is 0.0499. The van der Waals surface area contributed by atoms with Gasteiger partial charge in [0, 0.05) is 23.4 Å². The Labute approximate surface area is 131 Å². The van der Waals surface area contributed by atoms with Gasteiger partial charge in [-0.1, -0.05) is 12.1 Å². The highest BCUT2D eigenvalue weighted by molar-refractivity contribution is 5.96. The van der Waals surface area contributed by atoms with Crippen molar-refractivity contribution in [2.45, 2.75) is 0 Å². The number of nitrogen functional groups attached to an aromatic ring is 1. The third-order valence-corrected chi connectivity index (χ3v) is 2.92. The molecule has 0 aliphatic rings. The lowest BCUT2D eigenvalue weighted by atomic mass is 10.1. The van der Waals surface area contributed by atoms with E-state index in [0.717, 1.165) is 6.07 Å². The fraction of sp³-hybridized carbons (Fsp3) is 0.0667. The number of para-hydroxylation sites is 1. The number of benzene rings is 2. The van der Waals surface area contributed by atoms with Crippen molar-refractivity contribution in [3.05, 3.63) is 63.7 Å². The molecule has 118 valence electrons. The van der Waals surface area contributed by atoms with E-state index in [1.165, 1.54) is 25.5 Å². The Morgan fingerprint density at radius 1 is 1.35 bits per heavy atom. The van der Waals surface area contributed by atoms with Crippen LogP contribution in [0.2, 0.25) is 0 Å². The number of carbonyl (C=O) groups is 1. The van der Waals surface area contributed by atoms with Crippen LogP contribution in [0.3, 0.4) is 0 Å². The van der Waals surface area contributed by atoms with E-state index < -0.39 is 10.8 Å². The van der Waals surface area contributed by atoms with Gasteiger partial charge in [-0.15, -0.1) is 0 Å². The average Bonchev–Trinajstić information content (AvgIpc) is 2.54. The molecule has 3 N–H and O–H groups in total. The number of nitro benzene ring substituents is 1. The second-order valence-corrected chi connectivity index (χ2v) is 4.51. The SMILES string of the molecule is COc1ccccc1/C=N\NC(=O)c1cc(N)cc([N+](=O)[O-])c1. The van der Waals surface area contributed by atoms with E-state index >= 15 is 0 Å². The first kappa shape index (κ1) is 16.0. The zero-order valence-corrected chi connectivity index (χ0v) is 12.2. The molecule has 0 aromatic heterocycles. The number of rotatable bonds is 5. The van der Waals surface area contributed by atoms with Crippen LogP contribution in [0, 0.1) is 10.1 Å². The van der Waals surface area contributed by atoms with Gasteiger partial charge in [0.15, 0.2) is 0 Å². The van der Waals surface area contributed by atoms with Crippen molar-refractivity contribution in [2.24, 2.45) is 5.10 Å². The molecule has 1 amide bonds. The molecule has 2 aromatic rings. The van der Waals surface area contributed by atoms with Gasteiger partial charge in [-0.3, -0.25) is 14.9 Å². The minimum Gasteiger partial charge on any atom is -0.496 e. The minimum atomic E-state index is -0.620. The monoisotopic (exact) mass is 314 g/mol. The molecule has 0 saturated heterocycles. The van der Waals surface area contributed by atoms with Crippen molar-refractivity contribution >= 4 is 23.5 Å². The van der Waals surface area contributed by atoms with Crippen LogP contribution in [0.25, 0.3) is 0 Å². The van der Waals surface area contributed by atoms with Crippen molar-refractivity contribution < 1.29 is 14.5 Å². The third kappa shape index (κ3) is 4.03. The number of amides is 1. The molecule has 0 fully saturated rings. The number of nitrogens with two attached hydrogens (primary N) is 1. The zero-order valence-electron chi connectivity index (χ0n) is 12.2. The Morgan fingerprint density at radius 3 is 2.78 bits per heavy atom. The zero-order chi connectivity index (χ0) is 16.8. The van der Waals surface area contributed by atoms with Crippen LogP contribution in [-0.2, 0) is 0 Å². The fourth-order valence-electron chi connectivity index (χ4n) is 1.87. The predicted molar refractivity (Wildman–Crippen MR) is 85.6 cm³/mol. The molecule has 0 aliphatic carbocycles. The van der Waals surface area contributed by atoms with Gasteiger partial charge in [0.25, 0.3) is 11.6 Å². The fourth-order valence-corrected chi connectivity index (χ4v) is 1.87. The molecule has 0 saturated carbocycles. The summed E-state index contributed by atoms with van der Waals surface area (Å²) in [6, 6.07) is 10.8. The lowest BCUT2D eigenvalue weighted by molar-refractivity contribution is -0.384. The number of nitrogens with zero attached hydrogens (tertiary/aromatic N) is 2. The number of non-ortho nitro benzene ring substituents is 1. The summed E-state index contributed by atoms with van der Waals surface area (Å²) in [6.45, 7) is 0. The molecule has 0 spiro atoms. The molecule has 0 aliphatic heterocycles. The molecular formula is C15H14N4O4. The van der Waals surface area contributed by atoms with E-state index in [0.29, 0.717) is 11.3 Å². The maximum Gasteiger partial charge on any atom is 0.272 e. The quantitative estimate of drug-likeness (QED) is 0.378. The van der Waals surface area contributed by atoms with Crippen molar-refractivity contribution in [3.63, 3.8) is 0 Å². The Balaban J connectivity index is 2.13. The van der Waals surface area contributed by atoms with Gasteiger partial charge in [0.2, 0.25) is 0 Å². The van der Waals surface area contributed by atoms with Crippen LogP contribution in [0.15, 0.2) is 47.6 Å². The summed E-state index contributed by atoms with van der Waals surface area (Å²) in [7, 11) is 1.52. The largest absolute Gasteiger partial charge is 0.496 e. The molecule has 0 bridgehead atoms. The van der Waals surface area contributed by atoms with Gasteiger partial charge >= 0.3 is 0 Å². The maximum atomic E-state index is 12.0. The maximum absolute atomic E-state index is 12.0. The Hall–Kier alpha value is -3.42. The van der Waals surface area contributed by atoms with E-state index in [1.807, 2.05) is 0 Å². The first-order chi connectivity index (χ1) is 11.0. The van der Waals surface area contributed by atoms with Gasteiger partial charge in [0.05, 0.1) is 23.8 Å². The molecular weight excluding hydrogens is 300 g/mol. The summed E-state index contributed by atoms with van der Waals surface area (Å²) < 4.78 is 5.15. The summed E-state index contributed by atoms with van der Waals surface area (Å²) in [6.07, 6.45) is 1.41. The molecule has 2 rings (SSSR count). The molecule has 0 radical (unpaired) electrons. The molecule has 8 nitrogen and oxygen atoms in total. The number of nitrogens with one attached hydrogen (secondary N) is 1. The molecule has 0 atom stereocenters. The second kappa shape index (κ2) is 7.03. The highest BCUT2D eigenvalue weighted by Crippen LogP contribution is 2.18. The molecule has 0 unspecified atom stereocenters. The predicted octanol–water partition coefficient (Wildman–Crippen LogP) is 1.95. The van der Waals surface area contributed by atoms with Crippen LogP contribution in [-0.4, -0.2) is 24.2 Å². The van der Waals surface area contributed by atoms with Gasteiger partial charge in [-0.05, 0) is 18.2 Å². The number of carbonyl (C=O) groups excluding carboxylic acids is 1. The Kier molecular flexibility index (Phi) is 4.88. The van der Waals surface area contributed by atoms with Crippen LogP contribution in [0.5, 0.6) is 5.75 Å². The standard InChI is InChI=1S/C15H14N4O4/c1-23-14-5-3-2-4-10(14)9-17-18-15(20)11-6-12(16)8-13(7-11)19(21)22/h2-9H,16H2,1H3,(H,18,20)/b17-9-. The summed E-state index contributed by atoms with van der Waals surface area (Å²) in [4.78, 5) is 22.1. The van der Waals surface area contributed by atoms with E-state index in [2.05, 4.69) is 10.5 Å². The molecule has 8 heteroatoms. The first-order valence-electron chi connectivity index (χ1n) is 6.52. The first-order valence-corrected chi connectivity index (χ1v) is 6.52. The normalized spacial score (nSPS) is 10.5. The van der Waals surface area contributed by atoms with Gasteiger partial charge < -0.3 is 10.5 Å². The van der Waals surface area contributed by atoms with Crippen LogP contribution < -0.4 is 15.9 Å². The number of anilines is 1. The van der Waals surface area contributed by atoms with E-state index in [1.54, 1.807) is 24.3 Å². The highest BCUT2D eigenvalue weighted by Gasteiger charge is 2.13. The number of hydrogen-bond acceptors (Lipinski definition) is 6. The van der Waals surface area contributed by atoms with Crippen LogP contribution in [0.1, 0.15) is 15.9 Å². The summed E-state index contributed by atoms with van der Waals surface area (Å²) in [5.41, 5.74) is 8.43. The number of methoxy groups -OCH3 is 1. The van der Waals surface area contributed by atoms with E-state index in [9.17, 15) is 14.9 Å². The summed E-state index contributed by atoms with van der Waals surface area (Å²) in [5.74, 6) is -0.00311. The topological polar surface area (TPSA) is 120 Å². The summed E-state index contributed by atoms with van der Waals surface area (Å²) in [5, 5.41) is 14.6. The average molecular weight is 314 g/mol. The van der Waals surface area contributed by atoms with Crippen molar-refractivity contribution in [2.75, 3.05) is 12.8 Å². The third-order valence-electron chi connectivity index (χ3n) is 2.92. The number of hydrazone groups is 1. The Bertz CT molecular complexity index is 774. The Morgan fingerprint density at radius 2 is 2.09 bits per heavy atom. The second-order valence-electron chi connectivity index (χ2n) is 4.51. The van der Waals surface area contributed by atoms with E-state index in [-0.39, 0.29) is 16.9 Å². The lowest BCUT2D eigenvalue weighted by Gasteiger charge is -2.04. The lowest BCUT2D eigenvalue weighted by Crippen LogP contribution is -2.18.